The summed E-state index contributed by atoms with van der Waals surface area (Å²) in [6.45, 7) is 7.42. The largest absolute Gasteiger partial charge is 1.00 e. The van der Waals surface area contributed by atoms with Crippen LogP contribution in [-0.2, 0) is 18.3 Å². The highest BCUT2D eigenvalue weighted by atomic mass is 127. The second kappa shape index (κ2) is 9.31. The van der Waals surface area contributed by atoms with E-state index in [1.165, 1.54) is 16.4 Å². The molecule has 3 heterocycles. The van der Waals surface area contributed by atoms with Gasteiger partial charge in [-0.15, -0.1) is 11.8 Å². The molecule has 0 saturated carbocycles. The van der Waals surface area contributed by atoms with Crippen LogP contribution in [0.4, 0.5) is 0 Å². The molecule has 8 heteroatoms. The van der Waals surface area contributed by atoms with Gasteiger partial charge in [-0.2, -0.15) is 0 Å². The van der Waals surface area contributed by atoms with Gasteiger partial charge >= 0.3 is 5.97 Å². The average Bonchev–Trinajstić information content (AvgIpc) is 3.37. The van der Waals surface area contributed by atoms with Crippen molar-refractivity contribution in [2.24, 2.45) is 7.05 Å². The van der Waals surface area contributed by atoms with E-state index in [1.807, 2.05) is 30.9 Å². The Kier molecular flexibility index (Phi) is 7.22. The Hall–Kier alpha value is -1.19. The van der Waals surface area contributed by atoms with Crippen LogP contribution in [0.3, 0.4) is 0 Å². The van der Waals surface area contributed by atoms with Gasteiger partial charge in [-0.3, -0.25) is 0 Å². The lowest BCUT2D eigenvalue weighted by atomic mass is 10.1. The summed E-state index contributed by atoms with van der Waals surface area (Å²) in [5.74, 6) is 1.96. The Morgan fingerprint density at radius 1 is 1.31 bits per heavy atom. The number of aryl methyl sites for hydroxylation is 2. The Labute approximate surface area is 197 Å². The summed E-state index contributed by atoms with van der Waals surface area (Å²) in [7, 11) is 2.05. The summed E-state index contributed by atoms with van der Waals surface area (Å²) in [6.07, 6.45) is 5.50. The smallest absolute Gasteiger partial charge is 0.339 e. The van der Waals surface area contributed by atoms with Crippen LogP contribution in [-0.4, -0.2) is 40.9 Å². The molecule has 0 bridgehead atoms. The first-order chi connectivity index (χ1) is 13.5. The Bertz CT molecular complexity index is 1020. The third-order valence-electron chi connectivity index (χ3n) is 5.41. The number of aromatic nitrogens is 2. The Morgan fingerprint density at radius 2 is 2.10 bits per heavy atom. The lowest BCUT2D eigenvalue weighted by Gasteiger charge is -2.15. The average molecular weight is 546 g/mol. The van der Waals surface area contributed by atoms with Gasteiger partial charge in [0, 0.05) is 43.0 Å². The van der Waals surface area contributed by atoms with Crippen molar-refractivity contribution >= 4 is 45.9 Å². The summed E-state index contributed by atoms with van der Waals surface area (Å²) in [5, 5.41) is 1.78. The summed E-state index contributed by atoms with van der Waals surface area (Å²) in [4.78, 5) is 14.6. The second-order valence-corrected chi connectivity index (χ2v) is 8.47. The number of thioether (sulfide) groups is 1. The number of rotatable bonds is 4. The maximum atomic E-state index is 12.2. The number of ether oxygens (including phenoxy) is 1. The molecular formula is C21H25ClIN3O2S. The monoisotopic (exact) mass is 545 g/mol. The van der Waals surface area contributed by atoms with Gasteiger partial charge in [-0.1, -0.05) is 11.6 Å². The molecule has 0 amide bonds. The molecule has 1 saturated heterocycles. The van der Waals surface area contributed by atoms with Crippen LogP contribution < -0.4 is 28.5 Å². The molecule has 2 aromatic rings. The van der Waals surface area contributed by atoms with Crippen molar-refractivity contribution in [3.8, 4) is 0 Å². The van der Waals surface area contributed by atoms with Crippen molar-refractivity contribution in [1.29, 1.82) is 0 Å². The third-order valence-corrected chi connectivity index (χ3v) is 6.80. The molecule has 5 nitrogen and oxygen atoms in total. The lowest BCUT2D eigenvalue weighted by Crippen LogP contribution is -3.00. The minimum atomic E-state index is -0.376. The fraction of sp³-hybridized carbons (Fsp3) is 0.429. The van der Waals surface area contributed by atoms with Crippen LogP contribution in [0.2, 0.25) is 5.02 Å². The first-order valence-corrected chi connectivity index (χ1v) is 11.1. The van der Waals surface area contributed by atoms with Crippen molar-refractivity contribution in [3.05, 3.63) is 45.7 Å². The van der Waals surface area contributed by atoms with Gasteiger partial charge in [-0.25, -0.2) is 13.9 Å². The number of hydrogen-bond donors (Lipinski definition) is 0. The van der Waals surface area contributed by atoms with E-state index < -0.39 is 0 Å². The van der Waals surface area contributed by atoms with Crippen molar-refractivity contribution in [1.82, 2.24) is 9.47 Å². The van der Waals surface area contributed by atoms with Gasteiger partial charge in [-0.05, 0) is 26.0 Å². The highest BCUT2D eigenvalue weighted by Crippen LogP contribution is 2.33. The van der Waals surface area contributed by atoms with Crippen LogP contribution in [0.15, 0.2) is 29.3 Å². The Balaban J connectivity index is 0.00000240. The van der Waals surface area contributed by atoms with E-state index in [1.54, 1.807) is 6.92 Å². The quantitative estimate of drug-likeness (QED) is 0.327. The van der Waals surface area contributed by atoms with Crippen LogP contribution in [0.5, 0.6) is 0 Å². The fourth-order valence-corrected chi connectivity index (χ4v) is 5.35. The molecule has 156 valence electrons. The molecule has 0 radical (unpaired) electrons. The number of imidazole rings is 1. The SMILES string of the molecule is CCOC(=O)c1cc2c(cc1Cl)n1c([n+]2C)C(=CC=C2SCCN2CC)CC1.[I-]. The maximum Gasteiger partial charge on any atom is 0.339 e. The van der Waals surface area contributed by atoms with E-state index in [4.69, 9.17) is 16.3 Å². The molecular weight excluding hydrogens is 521 g/mol. The second-order valence-electron chi connectivity index (χ2n) is 6.95. The summed E-state index contributed by atoms with van der Waals surface area (Å²) >= 11 is 8.33. The van der Waals surface area contributed by atoms with Crippen LogP contribution in [0, 0.1) is 0 Å². The minimum Gasteiger partial charge on any atom is -1.00 e. The predicted octanol–water partition coefficient (Wildman–Crippen LogP) is 0.997. The van der Waals surface area contributed by atoms with Crippen molar-refractivity contribution in [2.75, 3.05) is 25.4 Å². The van der Waals surface area contributed by atoms with E-state index >= 15 is 0 Å². The predicted molar refractivity (Wildman–Crippen MR) is 114 cm³/mol. The van der Waals surface area contributed by atoms with Gasteiger partial charge in [0.1, 0.15) is 0 Å². The molecule has 0 aliphatic carbocycles. The first kappa shape index (κ1) is 22.5. The lowest BCUT2D eigenvalue weighted by molar-refractivity contribution is -0.647. The minimum absolute atomic E-state index is 0. The molecule has 29 heavy (non-hydrogen) atoms. The number of halogens is 2. The number of esters is 1. The zero-order chi connectivity index (χ0) is 19.8. The van der Waals surface area contributed by atoms with Crippen LogP contribution in [0.1, 0.15) is 36.5 Å². The number of fused-ring (bicyclic) bond motifs is 3. The molecule has 4 rings (SSSR count). The molecule has 1 aromatic heterocycles. The molecule has 0 unspecified atom stereocenters. The van der Waals surface area contributed by atoms with E-state index in [2.05, 4.69) is 33.1 Å². The summed E-state index contributed by atoms with van der Waals surface area (Å²) in [5.41, 5.74) is 3.77. The van der Waals surface area contributed by atoms with Gasteiger partial charge < -0.3 is 33.6 Å². The van der Waals surface area contributed by atoms with Crippen molar-refractivity contribution < 1.29 is 38.1 Å². The third kappa shape index (κ3) is 4.05. The van der Waals surface area contributed by atoms with Gasteiger partial charge in [0.25, 0.3) is 5.82 Å². The van der Waals surface area contributed by atoms with E-state index in [0.717, 1.165) is 42.8 Å². The standard InChI is InChI=1S/C21H25ClN3O2S.HI/c1-4-24-10-11-28-19(24)7-6-14-8-9-25-18-13-16(22)15(21(26)27-5-2)12-17(18)23(3)20(14)25;/h6-7,12-13H,4-5,8-11H2,1-3H3;1H/q+1;/p-1. The fourth-order valence-electron chi connectivity index (χ4n) is 4.03. The number of carbonyl (C=O) groups excluding carboxylic acids is 1. The van der Waals surface area contributed by atoms with Crippen molar-refractivity contribution in [2.45, 2.75) is 26.8 Å². The Morgan fingerprint density at radius 3 is 2.83 bits per heavy atom. The summed E-state index contributed by atoms with van der Waals surface area (Å²) in [6, 6.07) is 3.74. The van der Waals surface area contributed by atoms with E-state index in [0.29, 0.717) is 17.2 Å². The zero-order valence-electron chi connectivity index (χ0n) is 16.9. The number of allylic oxidation sites excluding steroid dienone is 3. The van der Waals surface area contributed by atoms with Crippen LogP contribution in [0.25, 0.3) is 16.6 Å². The maximum absolute atomic E-state index is 12.2. The molecule has 0 spiro atoms. The number of hydrogen-bond acceptors (Lipinski definition) is 4. The highest BCUT2D eigenvalue weighted by Gasteiger charge is 2.32. The number of nitrogens with zero attached hydrogens (tertiary/aromatic N) is 3. The number of benzene rings is 1. The molecule has 1 fully saturated rings. The normalized spacial score (nSPS) is 18.6. The summed E-state index contributed by atoms with van der Waals surface area (Å²) < 4.78 is 9.60. The topological polar surface area (TPSA) is 38.4 Å². The molecule has 1 aromatic carbocycles. The molecule has 0 N–H and O–H groups in total. The van der Waals surface area contributed by atoms with Gasteiger partial charge in [0.05, 0.1) is 35.8 Å². The van der Waals surface area contributed by atoms with E-state index in [9.17, 15) is 4.79 Å². The van der Waals surface area contributed by atoms with Gasteiger partial charge in [0.15, 0.2) is 11.0 Å². The van der Waals surface area contributed by atoms with Crippen molar-refractivity contribution in [3.63, 3.8) is 0 Å². The molecule has 2 aliphatic rings. The van der Waals surface area contributed by atoms with E-state index in [-0.39, 0.29) is 29.9 Å². The first-order valence-electron chi connectivity index (χ1n) is 9.73. The molecule has 0 atom stereocenters. The highest BCUT2D eigenvalue weighted by molar-refractivity contribution is 8.03. The number of carbonyl (C=O) groups is 1. The van der Waals surface area contributed by atoms with Crippen LogP contribution >= 0.6 is 23.4 Å². The van der Waals surface area contributed by atoms with Gasteiger partial charge in [0.2, 0.25) is 0 Å². The molecule has 2 aliphatic heterocycles. The zero-order valence-corrected chi connectivity index (χ0v) is 20.6.